The summed E-state index contributed by atoms with van der Waals surface area (Å²) in [4.78, 5) is 14.9. The zero-order valence-corrected chi connectivity index (χ0v) is 12.3. The lowest BCUT2D eigenvalue weighted by Gasteiger charge is -2.19. The third kappa shape index (κ3) is 6.39. The topological polar surface area (TPSA) is 51.2 Å². The minimum absolute atomic E-state index is 0.183. The van der Waals surface area contributed by atoms with E-state index in [0.29, 0.717) is 13.0 Å². The maximum atomic E-state index is 13.3. The van der Waals surface area contributed by atoms with E-state index in [1.807, 2.05) is 0 Å². The van der Waals surface area contributed by atoms with Gasteiger partial charge in [0, 0.05) is 13.0 Å². The summed E-state index contributed by atoms with van der Waals surface area (Å²) in [7, 11) is 0. The lowest BCUT2D eigenvalue weighted by molar-refractivity contribution is 0.0529. The smallest absolute Gasteiger partial charge is 0.407 e. The van der Waals surface area contributed by atoms with E-state index >= 15 is 0 Å². The lowest BCUT2D eigenvalue weighted by Crippen LogP contribution is -2.32. The van der Waals surface area contributed by atoms with Gasteiger partial charge >= 0.3 is 6.09 Å². The summed E-state index contributed by atoms with van der Waals surface area (Å²) in [5, 5.41) is 2.74. The number of nitrogens with one attached hydrogen (secondary N) is 1. The highest BCUT2D eigenvalue weighted by Gasteiger charge is 2.15. The normalized spacial score (nSPS) is 10.4. The number of halogens is 2. The molecule has 1 N–H and O–H groups in total. The maximum Gasteiger partial charge on any atom is 0.407 e. The summed E-state index contributed by atoms with van der Waals surface area (Å²) >= 11 is 5.64. The van der Waals surface area contributed by atoms with E-state index in [1.165, 1.54) is 6.07 Å². The summed E-state index contributed by atoms with van der Waals surface area (Å²) < 4.78 is 18.3. The van der Waals surface area contributed by atoms with E-state index < -0.39 is 17.5 Å². The van der Waals surface area contributed by atoms with E-state index in [2.05, 4.69) is 22.1 Å². The van der Waals surface area contributed by atoms with Gasteiger partial charge in [0.25, 0.3) is 0 Å². The van der Waals surface area contributed by atoms with Crippen molar-refractivity contribution in [3.05, 3.63) is 28.8 Å². The van der Waals surface area contributed by atoms with Gasteiger partial charge in [-0.15, -0.1) is 0 Å². The fourth-order valence-corrected chi connectivity index (χ4v) is 1.37. The van der Waals surface area contributed by atoms with Crippen molar-refractivity contribution in [1.82, 2.24) is 10.3 Å². The first kappa shape index (κ1) is 16.3. The Balaban J connectivity index is 2.40. The van der Waals surface area contributed by atoms with Crippen LogP contribution in [-0.4, -0.2) is 23.2 Å². The third-order valence-corrected chi connectivity index (χ3v) is 2.17. The molecule has 4 nitrogen and oxygen atoms in total. The monoisotopic (exact) mass is 298 g/mol. The summed E-state index contributed by atoms with van der Waals surface area (Å²) in [6, 6.07) is 1.35. The summed E-state index contributed by atoms with van der Waals surface area (Å²) in [5.74, 6) is 4.85. The Morgan fingerprint density at radius 1 is 1.55 bits per heavy atom. The van der Waals surface area contributed by atoms with Gasteiger partial charge in [0.15, 0.2) is 5.82 Å². The zero-order valence-electron chi connectivity index (χ0n) is 11.6. The predicted octanol–water partition coefficient (Wildman–Crippen LogP) is 3.14. The molecular weight excluding hydrogens is 283 g/mol. The number of pyridine rings is 1. The van der Waals surface area contributed by atoms with E-state index in [0.717, 1.165) is 6.20 Å². The molecule has 0 bridgehead atoms. The fourth-order valence-electron chi connectivity index (χ4n) is 1.21. The molecule has 0 saturated heterocycles. The minimum Gasteiger partial charge on any atom is -0.444 e. The van der Waals surface area contributed by atoms with Gasteiger partial charge in [-0.05, 0) is 26.8 Å². The molecule has 0 fully saturated rings. The first-order valence-corrected chi connectivity index (χ1v) is 6.42. The van der Waals surface area contributed by atoms with E-state index in [-0.39, 0.29) is 10.7 Å². The molecule has 0 aliphatic heterocycles. The standard InChI is InChI=1S/C14H16ClFN2O2/c1-14(2,3)20-13(19)17-7-5-4-6-10-8-12(15)18-9-11(10)16/h8-9H,5,7H2,1-3H3,(H,17,19). The average Bonchev–Trinajstić information content (AvgIpc) is 2.30. The van der Waals surface area contributed by atoms with Gasteiger partial charge in [-0.1, -0.05) is 23.4 Å². The molecule has 0 radical (unpaired) electrons. The predicted molar refractivity (Wildman–Crippen MR) is 74.9 cm³/mol. The fraction of sp³-hybridized carbons (Fsp3) is 0.429. The minimum atomic E-state index is -0.535. The number of ether oxygens (including phenoxy) is 1. The van der Waals surface area contributed by atoms with Gasteiger partial charge < -0.3 is 10.1 Å². The van der Waals surface area contributed by atoms with Gasteiger partial charge in [-0.3, -0.25) is 0 Å². The summed E-state index contributed by atoms with van der Waals surface area (Å²) in [6.45, 7) is 5.66. The first-order chi connectivity index (χ1) is 9.28. The number of carbonyl (C=O) groups excluding carboxylic acids is 1. The molecule has 0 unspecified atom stereocenters. The van der Waals surface area contributed by atoms with Crippen LogP contribution in [0.15, 0.2) is 12.3 Å². The van der Waals surface area contributed by atoms with Gasteiger partial charge in [0.05, 0.1) is 11.8 Å². The van der Waals surface area contributed by atoms with Crippen molar-refractivity contribution in [2.45, 2.75) is 32.8 Å². The molecule has 1 heterocycles. The molecule has 0 aliphatic carbocycles. The Morgan fingerprint density at radius 2 is 2.25 bits per heavy atom. The molecule has 1 amide bonds. The number of rotatable bonds is 2. The third-order valence-electron chi connectivity index (χ3n) is 1.96. The van der Waals surface area contributed by atoms with Crippen LogP contribution in [0.2, 0.25) is 5.15 Å². The quantitative estimate of drug-likeness (QED) is 0.518. The van der Waals surface area contributed by atoms with E-state index in [9.17, 15) is 9.18 Å². The number of nitrogens with zero attached hydrogens (tertiary/aromatic N) is 1. The lowest BCUT2D eigenvalue weighted by atomic mass is 10.2. The highest BCUT2D eigenvalue weighted by atomic mass is 35.5. The summed E-state index contributed by atoms with van der Waals surface area (Å²) in [5.41, 5.74) is -0.352. The number of hydrogen-bond donors (Lipinski definition) is 1. The number of aromatic nitrogens is 1. The molecule has 0 spiro atoms. The van der Waals surface area contributed by atoms with Crippen molar-refractivity contribution in [3.63, 3.8) is 0 Å². The molecule has 0 aliphatic rings. The van der Waals surface area contributed by atoms with Gasteiger partial charge in [0.2, 0.25) is 0 Å². The molecular formula is C14H16ClFN2O2. The van der Waals surface area contributed by atoms with Gasteiger partial charge in [-0.25, -0.2) is 14.2 Å². The molecule has 20 heavy (non-hydrogen) atoms. The molecule has 0 atom stereocenters. The van der Waals surface area contributed by atoms with Crippen molar-refractivity contribution >= 4 is 17.7 Å². The first-order valence-electron chi connectivity index (χ1n) is 6.05. The Bertz CT molecular complexity index is 544. The maximum absolute atomic E-state index is 13.3. The molecule has 0 saturated carbocycles. The Labute approximate surface area is 122 Å². The molecule has 1 rings (SSSR count). The van der Waals surface area contributed by atoms with Crippen molar-refractivity contribution in [1.29, 1.82) is 0 Å². The average molecular weight is 299 g/mol. The molecule has 1 aromatic heterocycles. The largest absolute Gasteiger partial charge is 0.444 e. The van der Waals surface area contributed by atoms with Crippen LogP contribution < -0.4 is 5.32 Å². The van der Waals surface area contributed by atoms with Crippen LogP contribution in [0.1, 0.15) is 32.8 Å². The highest BCUT2D eigenvalue weighted by molar-refractivity contribution is 6.29. The Kier molecular flexibility index (Phi) is 5.78. The van der Waals surface area contributed by atoms with Crippen LogP contribution in [0.5, 0.6) is 0 Å². The van der Waals surface area contributed by atoms with Gasteiger partial charge in [0.1, 0.15) is 10.8 Å². The van der Waals surface area contributed by atoms with Crippen molar-refractivity contribution in [2.24, 2.45) is 0 Å². The Morgan fingerprint density at radius 3 is 2.90 bits per heavy atom. The second-order valence-electron chi connectivity index (χ2n) is 4.97. The van der Waals surface area contributed by atoms with Crippen LogP contribution in [0.4, 0.5) is 9.18 Å². The highest BCUT2D eigenvalue weighted by Crippen LogP contribution is 2.10. The summed E-state index contributed by atoms with van der Waals surface area (Å²) in [6.07, 6.45) is 0.890. The molecule has 108 valence electrons. The Hall–Kier alpha value is -1.80. The van der Waals surface area contributed by atoms with Crippen molar-refractivity contribution in [3.8, 4) is 11.8 Å². The number of hydrogen-bond acceptors (Lipinski definition) is 3. The van der Waals surface area contributed by atoms with Crippen molar-refractivity contribution < 1.29 is 13.9 Å². The number of carbonyl (C=O) groups is 1. The zero-order chi connectivity index (χ0) is 15.2. The van der Waals surface area contributed by atoms with Crippen LogP contribution in [0.25, 0.3) is 0 Å². The molecule has 1 aromatic rings. The van der Waals surface area contributed by atoms with E-state index in [1.54, 1.807) is 20.8 Å². The second-order valence-corrected chi connectivity index (χ2v) is 5.35. The molecule has 0 aromatic carbocycles. The molecule has 6 heteroatoms. The number of alkyl carbamates (subject to hydrolysis) is 1. The van der Waals surface area contributed by atoms with Crippen LogP contribution in [0, 0.1) is 17.7 Å². The van der Waals surface area contributed by atoms with Gasteiger partial charge in [-0.2, -0.15) is 0 Å². The van der Waals surface area contributed by atoms with Crippen LogP contribution in [0.3, 0.4) is 0 Å². The SMILES string of the molecule is CC(C)(C)OC(=O)NCCC#Cc1cc(Cl)ncc1F. The van der Waals surface area contributed by atoms with Crippen molar-refractivity contribution in [2.75, 3.05) is 6.54 Å². The van der Waals surface area contributed by atoms with E-state index in [4.69, 9.17) is 16.3 Å². The van der Waals surface area contributed by atoms with Crippen LogP contribution >= 0.6 is 11.6 Å². The second kappa shape index (κ2) is 7.11. The van der Waals surface area contributed by atoms with Crippen LogP contribution in [-0.2, 0) is 4.74 Å². The number of amides is 1.